The van der Waals surface area contributed by atoms with Crippen LogP contribution in [0.25, 0.3) is 0 Å². The predicted molar refractivity (Wildman–Crippen MR) is 17.1 cm³/mol. The molecule has 0 aromatic rings. The summed E-state index contributed by atoms with van der Waals surface area (Å²) in [5.74, 6) is 0. The van der Waals surface area contributed by atoms with Crippen molar-refractivity contribution in [2.45, 2.75) is 6.42 Å². The summed E-state index contributed by atoms with van der Waals surface area (Å²) in [5, 5.41) is 7.81. The summed E-state index contributed by atoms with van der Waals surface area (Å²) in [6.45, 7) is 3.56. The fourth-order valence-electron chi connectivity index (χ4n) is 0. The summed E-state index contributed by atoms with van der Waals surface area (Å²) in [6.07, 6.45) is 0.625. The average molecular weight is 160 g/mol. The maximum Gasteiger partial charge on any atom is 1.00 e. The molecule has 2 heteroatoms. The maximum absolute atomic E-state index is 7.81. The minimum Gasteiger partial charge on any atom is -0.399 e. The molecule has 0 atom stereocenters. The molecule has 5 heavy (non-hydrogen) atoms. The largest absolute Gasteiger partial charge is 1.00 e. The van der Waals surface area contributed by atoms with Gasteiger partial charge < -0.3 is 12.0 Å². The van der Waals surface area contributed by atoms with E-state index in [9.17, 15) is 0 Å². The smallest absolute Gasteiger partial charge is 0.399 e. The van der Waals surface area contributed by atoms with E-state index in [-0.39, 0.29) is 26.1 Å². The van der Waals surface area contributed by atoms with Gasteiger partial charge in [0.15, 0.2) is 0 Å². The van der Waals surface area contributed by atoms with Crippen molar-refractivity contribution >= 4 is 0 Å². The Balaban J connectivity index is 0. The Hall–Kier alpha value is 0.583. The number of aliphatic hydroxyl groups excluding tert-OH is 1. The Morgan fingerprint density at radius 3 is 1.80 bits per heavy atom. The van der Waals surface area contributed by atoms with Gasteiger partial charge in [0.2, 0.25) is 0 Å². The number of hydrogen-bond donors (Lipinski definition) is 1. The molecule has 0 aromatic heterocycles. The first-order valence-corrected chi connectivity index (χ1v) is 1.32. The van der Waals surface area contributed by atoms with Crippen LogP contribution in [0.15, 0.2) is 0 Å². The van der Waals surface area contributed by atoms with Crippen LogP contribution >= 0.6 is 0 Å². The van der Waals surface area contributed by atoms with Gasteiger partial charge in [-0.2, -0.15) is 6.42 Å². The van der Waals surface area contributed by atoms with Gasteiger partial charge in [-0.05, 0) is 0 Å². The predicted octanol–water partition coefficient (Wildman–Crippen LogP) is 0.200. The fourth-order valence-corrected chi connectivity index (χ4v) is 0. The van der Waals surface area contributed by atoms with Gasteiger partial charge in [0.05, 0.1) is 0 Å². The summed E-state index contributed by atoms with van der Waals surface area (Å²) < 4.78 is 0. The minimum atomic E-state index is 0. The second-order valence-corrected chi connectivity index (χ2v) is 0.577. The zero-order chi connectivity index (χ0) is 3.41. The quantitative estimate of drug-likeness (QED) is 0.429. The summed E-state index contributed by atoms with van der Waals surface area (Å²) in [4.78, 5) is 0. The monoisotopic (exact) mass is 161 g/mol. The van der Waals surface area contributed by atoms with E-state index in [0.29, 0.717) is 6.42 Å². The summed E-state index contributed by atoms with van der Waals surface area (Å²) in [6, 6.07) is 0. The van der Waals surface area contributed by atoms with E-state index in [1.165, 1.54) is 0 Å². The molecule has 0 aliphatic heterocycles. The van der Waals surface area contributed by atoms with E-state index in [1.807, 2.05) is 0 Å². The van der Waals surface area contributed by atoms with Gasteiger partial charge in [-0.25, -0.2) is 0 Å². The van der Waals surface area contributed by atoms with E-state index in [4.69, 9.17) is 5.11 Å². The van der Waals surface area contributed by atoms with E-state index in [2.05, 4.69) is 6.92 Å². The first kappa shape index (κ1) is 9.13. The molecule has 0 amide bonds. The molecule has 0 bridgehead atoms. The molecule has 0 saturated carbocycles. The van der Waals surface area contributed by atoms with Gasteiger partial charge in [0, 0.05) is 6.61 Å². The van der Waals surface area contributed by atoms with E-state index >= 15 is 0 Å². The summed E-state index contributed by atoms with van der Waals surface area (Å²) in [7, 11) is 0. The van der Waals surface area contributed by atoms with Crippen LogP contribution in [-0.4, -0.2) is 11.7 Å². The van der Waals surface area contributed by atoms with Crippen LogP contribution in [0.2, 0.25) is 0 Å². The van der Waals surface area contributed by atoms with Crippen LogP contribution in [0.4, 0.5) is 0 Å². The first-order valence-electron chi connectivity index (χ1n) is 1.32. The standard InChI is InChI=1S/C3H7O.Ru/c1-2-3-4;/h4H,1-3H2;/q-1;+1. The van der Waals surface area contributed by atoms with Crippen molar-refractivity contribution in [3.63, 3.8) is 0 Å². The van der Waals surface area contributed by atoms with Gasteiger partial charge in [-0.1, -0.05) is 0 Å². The van der Waals surface area contributed by atoms with Crippen molar-refractivity contribution in [2.24, 2.45) is 0 Å². The van der Waals surface area contributed by atoms with Crippen LogP contribution < -0.4 is 0 Å². The van der Waals surface area contributed by atoms with Gasteiger partial charge >= 0.3 is 19.5 Å². The Morgan fingerprint density at radius 1 is 1.60 bits per heavy atom. The van der Waals surface area contributed by atoms with E-state index in [1.54, 1.807) is 0 Å². The van der Waals surface area contributed by atoms with Crippen LogP contribution in [0.3, 0.4) is 0 Å². The molecule has 1 nitrogen and oxygen atoms in total. The molecule has 0 heterocycles. The van der Waals surface area contributed by atoms with Crippen LogP contribution in [0.5, 0.6) is 0 Å². The molecule has 1 radical (unpaired) electrons. The molecule has 33 valence electrons. The second-order valence-electron chi connectivity index (χ2n) is 0.577. The third kappa shape index (κ3) is 12.2. The maximum atomic E-state index is 7.81. The van der Waals surface area contributed by atoms with Crippen molar-refractivity contribution in [2.75, 3.05) is 6.61 Å². The molecule has 0 aliphatic rings. The molecule has 0 spiro atoms. The number of aliphatic hydroxyl groups is 1. The van der Waals surface area contributed by atoms with Crippen molar-refractivity contribution in [3.8, 4) is 0 Å². The third-order valence-electron chi connectivity index (χ3n) is 0.158. The molecule has 0 saturated heterocycles. The van der Waals surface area contributed by atoms with Crippen molar-refractivity contribution in [1.29, 1.82) is 0 Å². The number of hydrogen-bond acceptors (Lipinski definition) is 1. The summed E-state index contributed by atoms with van der Waals surface area (Å²) >= 11 is 0. The zero-order valence-corrected chi connectivity index (χ0v) is 4.66. The van der Waals surface area contributed by atoms with Gasteiger partial charge in [-0.15, -0.1) is 0 Å². The van der Waals surface area contributed by atoms with Gasteiger partial charge in [0.1, 0.15) is 0 Å². The van der Waals surface area contributed by atoms with Crippen molar-refractivity contribution < 1.29 is 24.6 Å². The normalized spacial score (nSPS) is 6.00. The van der Waals surface area contributed by atoms with Crippen LogP contribution in [0, 0.1) is 6.92 Å². The molecular formula is C3H7ORu. The molecule has 0 unspecified atom stereocenters. The Morgan fingerprint density at radius 2 is 1.80 bits per heavy atom. The molecule has 0 fully saturated rings. The molecular weight excluding hydrogens is 153 g/mol. The Kier molecular flexibility index (Phi) is 16.1. The summed E-state index contributed by atoms with van der Waals surface area (Å²) in [5.41, 5.74) is 0. The van der Waals surface area contributed by atoms with Crippen molar-refractivity contribution in [1.82, 2.24) is 0 Å². The van der Waals surface area contributed by atoms with Crippen LogP contribution in [-0.2, 0) is 19.5 Å². The number of rotatable bonds is 1. The van der Waals surface area contributed by atoms with Crippen molar-refractivity contribution in [3.05, 3.63) is 6.92 Å². The molecule has 0 rings (SSSR count). The minimum absolute atomic E-state index is 0. The third-order valence-corrected chi connectivity index (χ3v) is 0.158. The van der Waals surface area contributed by atoms with Gasteiger partial charge in [-0.3, -0.25) is 0 Å². The van der Waals surface area contributed by atoms with Crippen LogP contribution in [0.1, 0.15) is 6.42 Å². The van der Waals surface area contributed by atoms with E-state index < -0.39 is 0 Å². The van der Waals surface area contributed by atoms with Gasteiger partial charge in [0.25, 0.3) is 0 Å². The Labute approximate surface area is 45.1 Å². The molecule has 0 aromatic carbocycles. The Bertz CT molecular complexity index is 8.85. The topological polar surface area (TPSA) is 20.2 Å². The second kappa shape index (κ2) is 8.82. The first-order chi connectivity index (χ1) is 1.91. The fraction of sp³-hybridized carbons (Fsp3) is 0.667. The molecule has 0 aliphatic carbocycles. The zero-order valence-electron chi connectivity index (χ0n) is 2.92. The molecule has 1 N–H and O–H groups in total. The van der Waals surface area contributed by atoms with E-state index in [0.717, 1.165) is 0 Å². The SMILES string of the molecule is [CH2-]CCO.[Ru+]. The average Bonchev–Trinajstić information content (AvgIpc) is 1.37.